The Kier molecular flexibility index (Phi) is 7.97. The fraction of sp³-hybridized carbons (Fsp3) is 0.333. The predicted molar refractivity (Wildman–Crippen MR) is 111 cm³/mol. The molecule has 0 fully saturated rings. The fourth-order valence-electron chi connectivity index (χ4n) is 2.55. The summed E-state index contributed by atoms with van der Waals surface area (Å²) in [6.45, 7) is 4.95. The molecule has 1 atom stereocenters. The van der Waals surface area contributed by atoms with Gasteiger partial charge in [-0.25, -0.2) is 5.09 Å². The average molecular weight is 403 g/mol. The molecule has 0 spiro atoms. The van der Waals surface area contributed by atoms with Crippen LogP contribution in [0.5, 0.6) is 5.75 Å². The number of carbonyl (C=O) groups excluding carboxylic acids is 2. The summed E-state index contributed by atoms with van der Waals surface area (Å²) in [6, 6.07) is 13.2. The van der Waals surface area contributed by atoms with Crippen molar-refractivity contribution in [2.24, 2.45) is 0 Å². The first kappa shape index (κ1) is 21.9. The third kappa shape index (κ3) is 6.95. The predicted octanol–water partition coefficient (Wildman–Crippen LogP) is 4.49. The second-order valence-corrected chi connectivity index (χ2v) is 9.02. The topological polar surface area (TPSA) is 81.7 Å². The van der Waals surface area contributed by atoms with Crippen molar-refractivity contribution in [1.29, 1.82) is 0 Å². The van der Waals surface area contributed by atoms with Gasteiger partial charge in [0, 0.05) is 0 Å². The van der Waals surface area contributed by atoms with E-state index in [1.807, 2.05) is 36.4 Å². The molecule has 28 heavy (non-hydrogen) atoms. The number of hydrogen-bond acceptors (Lipinski definition) is 5. The molecule has 0 aliphatic rings. The van der Waals surface area contributed by atoms with E-state index in [1.54, 1.807) is 32.9 Å². The lowest BCUT2D eigenvalue weighted by molar-refractivity contribution is -0.145. The third-order valence-electron chi connectivity index (χ3n) is 3.88. The van der Waals surface area contributed by atoms with E-state index in [9.17, 15) is 14.2 Å². The highest BCUT2D eigenvalue weighted by Gasteiger charge is 2.25. The molecule has 0 heterocycles. The van der Waals surface area contributed by atoms with E-state index in [0.29, 0.717) is 17.7 Å². The molecule has 0 bridgehead atoms. The summed E-state index contributed by atoms with van der Waals surface area (Å²) in [5.74, 6) is -0.0557. The number of fused-ring (bicyclic) bond motifs is 1. The van der Waals surface area contributed by atoms with Gasteiger partial charge in [-0.05, 0) is 55.7 Å². The summed E-state index contributed by atoms with van der Waals surface area (Å²) in [7, 11) is -3.39. The number of benzene rings is 2. The van der Waals surface area contributed by atoms with E-state index in [-0.39, 0.29) is 18.8 Å². The summed E-state index contributed by atoms with van der Waals surface area (Å²) < 4.78 is 24.2. The van der Waals surface area contributed by atoms with Gasteiger partial charge in [0.15, 0.2) is 0 Å². The minimum Gasteiger partial charge on any atom is -0.462 e. The van der Waals surface area contributed by atoms with Gasteiger partial charge in [0.05, 0.1) is 12.3 Å². The first-order valence-electron chi connectivity index (χ1n) is 9.15. The number of aldehydes is 1. The maximum absolute atomic E-state index is 13.3. The number of ether oxygens (including phenoxy) is 1. The van der Waals surface area contributed by atoms with Crippen LogP contribution < -0.4 is 9.61 Å². The summed E-state index contributed by atoms with van der Waals surface area (Å²) >= 11 is 0. The molecule has 150 valence electrons. The highest BCUT2D eigenvalue weighted by molar-refractivity contribution is 7.57. The smallest absolute Gasteiger partial charge is 0.320 e. The largest absolute Gasteiger partial charge is 0.462 e. The number of esters is 1. The molecule has 7 heteroatoms. The molecule has 0 aliphatic carbocycles. The van der Waals surface area contributed by atoms with Crippen LogP contribution in [0.4, 0.5) is 0 Å². The lowest BCUT2D eigenvalue weighted by Gasteiger charge is -2.20. The number of hydrogen-bond donors (Lipinski definition) is 1. The monoisotopic (exact) mass is 403 g/mol. The fourth-order valence-corrected chi connectivity index (χ4v) is 4.16. The molecule has 1 unspecified atom stereocenters. The van der Waals surface area contributed by atoms with Crippen LogP contribution in [0, 0.1) is 0 Å². The summed E-state index contributed by atoms with van der Waals surface area (Å²) in [4.78, 5) is 22.6. The Bertz CT molecular complexity index is 907. The Morgan fingerprint density at radius 3 is 2.57 bits per heavy atom. The zero-order valence-corrected chi connectivity index (χ0v) is 17.3. The van der Waals surface area contributed by atoms with Crippen LogP contribution in [-0.4, -0.2) is 31.1 Å². The zero-order valence-electron chi connectivity index (χ0n) is 16.4. The number of allylic oxidation sites excluding steroid dienone is 2. The zero-order chi connectivity index (χ0) is 20.6. The van der Waals surface area contributed by atoms with Crippen molar-refractivity contribution in [3.63, 3.8) is 0 Å². The van der Waals surface area contributed by atoms with Crippen LogP contribution in [0.25, 0.3) is 10.8 Å². The molecule has 2 rings (SSSR count). The van der Waals surface area contributed by atoms with Crippen LogP contribution in [-0.2, 0) is 18.9 Å². The molecule has 0 saturated heterocycles. The van der Waals surface area contributed by atoms with Crippen molar-refractivity contribution >= 4 is 30.5 Å². The first-order chi connectivity index (χ1) is 13.3. The summed E-state index contributed by atoms with van der Waals surface area (Å²) in [5, 5.41) is 4.74. The Labute approximate surface area is 165 Å². The Balaban J connectivity index is 2.16. The third-order valence-corrected chi connectivity index (χ3v) is 5.87. The summed E-state index contributed by atoms with van der Waals surface area (Å²) in [5.41, 5.74) is 0.552. The SMILES string of the molecule is C/C(C=O)=C\CCP(=O)(NCC(=O)OC(C)C)Oc1ccc2ccccc2c1. The number of rotatable bonds is 10. The molecule has 2 aromatic rings. The normalized spacial score (nSPS) is 13.9. The lowest BCUT2D eigenvalue weighted by atomic mass is 10.1. The molecule has 1 N–H and O–H groups in total. The van der Waals surface area contributed by atoms with Gasteiger partial charge >= 0.3 is 13.5 Å². The minimum atomic E-state index is -3.39. The first-order valence-corrected chi connectivity index (χ1v) is 11.0. The molecule has 0 aliphatic heterocycles. The second kappa shape index (κ2) is 10.2. The average Bonchev–Trinajstić information content (AvgIpc) is 2.65. The van der Waals surface area contributed by atoms with Crippen LogP contribution in [0.3, 0.4) is 0 Å². The van der Waals surface area contributed by atoms with Crippen LogP contribution in [0.1, 0.15) is 27.2 Å². The van der Waals surface area contributed by atoms with E-state index >= 15 is 0 Å². The van der Waals surface area contributed by atoms with Gasteiger partial charge < -0.3 is 9.26 Å². The standard InChI is InChI=1S/C21H26NO5P/c1-16(2)26-21(24)14-22-28(25,12-6-7-17(3)15-23)27-20-11-10-18-8-4-5-9-19(18)13-20/h4-5,7-11,13,15-16H,6,12,14H2,1-3H3,(H,22,25)/b17-7+. The van der Waals surface area contributed by atoms with Crippen molar-refractivity contribution < 1.29 is 23.4 Å². The van der Waals surface area contributed by atoms with Crippen LogP contribution >= 0.6 is 7.52 Å². The maximum Gasteiger partial charge on any atom is 0.320 e. The number of carbonyl (C=O) groups is 2. The van der Waals surface area contributed by atoms with Crippen molar-refractivity contribution in [3.05, 3.63) is 54.1 Å². The van der Waals surface area contributed by atoms with E-state index in [2.05, 4.69) is 5.09 Å². The quantitative estimate of drug-likeness (QED) is 0.272. The van der Waals surface area contributed by atoms with Gasteiger partial charge in [0.2, 0.25) is 0 Å². The summed E-state index contributed by atoms with van der Waals surface area (Å²) in [6.07, 6.45) is 2.69. The van der Waals surface area contributed by atoms with E-state index < -0.39 is 13.5 Å². The van der Waals surface area contributed by atoms with E-state index in [4.69, 9.17) is 9.26 Å². The highest BCUT2D eigenvalue weighted by Crippen LogP contribution is 2.44. The van der Waals surface area contributed by atoms with Crippen LogP contribution in [0.15, 0.2) is 54.1 Å². The molecule has 0 saturated carbocycles. The van der Waals surface area contributed by atoms with Gasteiger partial charge in [-0.2, -0.15) is 0 Å². The lowest BCUT2D eigenvalue weighted by Crippen LogP contribution is -2.27. The van der Waals surface area contributed by atoms with Crippen molar-refractivity contribution in [1.82, 2.24) is 5.09 Å². The van der Waals surface area contributed by atoms with Gasteiger partial charge in [-0.15, -0.1) is 0 Å². The second-order valence-electron chi connectivity index (χ2n) is 6.73. The molecule has 0 radical (unpaired) electrons. The molecule has 0 amide bonds. The molecule has 6 nitrogen and oxygen atoms in total. The van der Waals surface area contributed by atoms with Crippen molar-refractivity contribution in [2.75, 3.05) is 12.7 Å². The maximum atomic E-state index is 13.3. The molecule has 2 aromatic carbocycles. The van der Waals surface area contributed by atoms with E-state index in [1.165, 1.54) is 0 Å². The molecule has 0 aromatic heterocycles. The van der Waals surface area contributed by atoms with Crippen molar-refractivity contribution in [3.8, 4) is 5.75 Å². The van der Waals surface area contributed by atoms with Gasteiger partial charge in [0.25, 0.3) is 0 Å². The highest BCUT2D eigenvalue weighted by atomic mass is 31.2. The Hall–Kier alpha value is -2.43. The molecular weight excluding hydrogens is 377 g/mol. The van der Waals surface area contributed by atoms with Gasteiger partial charge in [-0.3, -0.25) is 14.2 Å². The van der Waals surface area contributed by atoms with Gasteiger partial charge in [-0.1, -0.05) is 36.4 Å². The van der Waals surface area contributed by atoms with E-state index in [0.717, 1.165) is 17.1 Å². The van der Waals surface area contributed by atoms with Gasteiger partial charge in [0.1, 0.15) is 18.6 Å². The minimum absolute atomic E-state index is 0.139. The van der Waals surface area contributed by atoms with Crippen molar-refractivity contribution in [2.45, 2.75) is 33.3 Å². The Morgan fingerprint density at radius 2 is 1.89 bits per heavy atom. The molecular formula is C21H26NO5P. The number of nitrogens with one attached hydrogen (secondary N) is 1. The van der Waals surface area contributed by atoms with Crippen LogP contribution in [0.2, 0.25) is 0 Å². The Morgan fingerprint density at radius 1 is 1.18 bits per heavy atom.